The summed E-state index contributed by atoms with van der Waals surface area (Å²) >= 11 is 16.2. The van der Waals surface area contributed by atoms with Crippen molar-refractivity contribution in [3.63, 3.8) is 0 Å². The monoisotopic (exact) mass is 559 g/mol. The van der Waals surface area contributed by atoms with Gasteiger partial charge < -0.3 is 5.32 Å². The van der Waals surface area contributed by atoms with Gasteiger partial charge in [-0.2, -0.15) is 10.2 Å². The van der Waals surface area contributed by atoms with Gasteiger partial charge in [0.25, 0.3) is 5.91 Å². The summed E-state index contributed by atoms with van der Waals surface area (Å²) in [5.74, 6) is -0.193. The van der Waals surface area contributed by atoms with E-state index in [0.29, 0.717) is 34.4 Å². The molecule has 0 saturated heterocycles. The van der Waals surface area contributed by atoms with Gasteiger partial charge in [-0.1, -0.05) is 41.4 Å². The zero-order valence-electron chi connectivity index (χ0n) is 19.3. The molecule has 0 unspecified atom stereocenters. The molecule has 0 aliphatic rings. The second-order valence-electron chi connectivity index (χ2n) is 8.20. The highest BCUT2D eigenvalue weighted by molar-refractivity contribution is 9.10. The number of aromatic nitrogens is 4. The molecular weight excluding hydrogens is 537 g/mol. The summed E-state index contributed by atoms with van der Waals surface area (Å²) in [6.45, 7) is 8.82. The molecular formula is C25H24BrCl2N5O. The van der Waals surface area contributed by atoms with Crippen LogP contribution >= 0.6 is 39.1 Å². The van der Waals surface area contributed by atoms with Crippen LogP contribution in [-0.4, -0.2) is 25.5 Å². The van der Waals surface area contributed by atoms with Crippen molar-refractivity contribution in [3.05, 3.63) is 96.4 Å². The number of rotatable bonds is 6. The second kappa shape index (κ2) is 9.94. The number of benzene rings is 2. The standard InChI is InChI=1S/C25H24BrCl2N5O/c1-14-23(26)16(3)32(30-14)12-18-8-10-19(11-9-18)25(34)29-24-15(2)31-33(17(24)4)13-20-21(27)6-5-7-22(20)28/h5-11H,12-13H2,1-4H3,(H,29,34). The third-order valence-electron chi connectivity index (χ3n) is 5.83. The number of hydrogen-bond donors (Lipinski definition) is 1. The maximum Gasteiger partial charge on any atom is 0.255 e. The number of amides is 1. The molecule has 1 amide bonds. The Hall–Kier alpha value is -2.61. The first-order chi connectivity index (χ1) is 16.2. The molecule has 0 fully saturated rings. The lowest BCUT2D eigenvalue weighted by Crippen LogP contribution is -2.14. The molecule has 0 bridgehead atoms. The molecule has 0 radical (unpaired) electrons. The fourth-order valence-electron chi connectivity index (χ4n) is 3.81. The molecule has 9 heteroatoms. The molecule has 6 nitrogen and oxygen atoms in total. The average molecular weight is 561 g/mol. The van der Waals surface area contributed by atoms with Gasteiger partial charge in [-0.05, 0) is 73.5 Å². The lowest BCUT2D eigenvalue weighted by Gasteiger charge is -2.10. The molecule has 0 atom stereocenters. The topological polar surface area (TPSA) is 64.7 Å². The normalized spacial score (nSPS) is 11.1. The van der Waals surface area contributed by atoms with Crippen LogP contribution in [-0.2, 0) is 13.1 Å². The third-order valence-corrected chi connectivity index (χ3v) is 7.69. The fraction of sp³-hybridized carbons (Fsp3) is 0.240. The van der Waals surface area contributed by atoms with Crippen LogP contribution in [0.3, 0.4) is 0 Å². The quantitative estimate of drug-likeness (QED) is 0.284. The number of hydrogen-bond acceptors (Lipinski definition) is 3. The van der Waals surface area contributed by atoms with E-state index in [1.54, 1.807) is 16.8 Å². The van der Waals surface area contributed by atoms with Gasteiger partial charge in [0.1, 0.15) is 0 Å². The van der Waals surface area contributed by atoms with E-state index in [9.17, 15) is 4.79 Å². The second-order valence-corrected chi connectivity index (χ2v) is 9.80. The Labute approximate surface area is 217 Å². The summed E-state index contributed by atoms with van der Waals surface area (Å²) in [5, 5.41) is 13.3. The average Bonchev–Trinajstić information content (AvgIpc) is 3.20. The maximum absolute atomic E-state index is 13.0. The molecule has 0 spiro atoms. The highest BCUT2D eigenvalue weighted by Gasteiger charge is 2.17. The van der Waals surface area contributed by atoms with Gasteiger partial charge in [0.15, 0.2) is 0 Å². The smallest absolute Gasteiger partial charge is 0.255 e. The number of carbonyl (C=O) groups excluding carboxylic acids is 1. The van der Waals surface area contributed by atoms with Crippen LogP contribution in [0.1, 0.15) is 44.3 Å². The van der Waals surface area contributed by atoms with Crippen LogP contribution in [0.5, 0.6) is 0 Å². The van der Waals surface area contributed by atoms with Crippen LogP contribution < -0.4 is 5.32 Å². The number of halogens is 3. The lowest BCUT2D eigenvalue weighted by molar-refractivity contribution is 0.102. The Balaban J connectivity index is 1.49. The van der Waals surface area contributed by atoms with E-state index in [2.05, 4.69) is 31.4 Å². The molecule has 2 aromatic carbocycles. The summed E-state index contributed by atoms with van der Waals surface area (Å²) < 4.78 is 4.76. The van der Waals surface area contributed by atoms with E-state index < -0.39 is 0 Å². The van der Waals surface area contributed by atoms with E-state index in [1.807, 2.05) is 62.7 Å². The minimum Gasteiger partial charge on any atom is -0.319 e. The van der Waals surface area contributed by atoms with Gasteiger partial charge in [-0.15, -0.1) is 0 Å². The van der Waals surface area contributed by atoms with Crippen molar-refractivity contribution >= 4 is 50.7 Å². The predicted molar refractivity (Wildman–Crippen MR) is 140 cm³/mol. The summed E-state index contributed by atoms with van der Waals surface area (Å²) in [6, 6.07) is 12.9. The fourth-order valence-corrected chi connectivity index (χ4v) is 4.62. The molecule has 2 heterocycles. The van der Waals surface area contributed by atoms with Gasteiger partial charge in [0.2, 0.25) is 0 Å². The molecule has 4 aromatic rings. The zero-order valence-corrected chi connectivity index (χ0v) is 22.4. The predicted octanol–water partition coefficient (Wildman–Crippen LogP) is 6.73. The molecule has 34 heavy (non-hydrogen) atoms. The minimum atomic E-state index is -0.193. The van der Waals surface area contributed by atoms with Gasteiger partial charge >= 0.3 is 0 Å². The number of aryl methyl sites for hydroxylation is 2. The molecule has 1 N–H and O–H groups in total. The van der Waals surface area contributed by atoms with Gasteiger partial charge in [0.05, 0.1) is 46.0 Å². The molecule has 0 aliphatic carbocycles. The van der Waals surface area contributed by atoms with Gasteiger partial charge in [-0.25, -0.2) is 0 Å². The molecule has 4 rings (SSSR count). The summed E-state index contributed by atoms with van der Waals surface area (Å²) in [4.78, 5) is 13.0. The van der Waals surface area contributed by atoms with Crippen molar-refractivity contribution in [3.8, 4) is 0 Å². The molecule has 0 aliphatic heterocycles. The highest BCUT2D eigenvalue weighted by Crippen LogP contribution is 2.28. The van der Waals surface area contributed by atoms with Crippen LogP contribution in [0.4, 0.5) is 5.69 Å². The number of anilines is 1. The first-order valence-corrected chi connectivity index (χ1v) is 12.3. The maximum atomic E-state index is 13.0. The molecule has 176 valence electrons. The van der Waals surface area contributed by atoms with E-state index in [0.717, 1.165) is 38.4 Å². The summed E-state index contributed by atoms with van der Waals surface area (Å²) in [5.41, 5.74) is 6.68. The van der Waals surface area contributed by atoms with Crippen LogP contribution in [0.15, 0.2) is 46.9 Å². The van der Waals surface area contributed by atoms with Crippen molar-refractivity contribution in [1.29, 1.82) is 0 Å². The Morgan fingerprint density at radius 2 is 1.47 bits per heavy atom. The summed E-state index contributed by atoms with van der Waals surface area (Å²) in [7, 11) is 0. The Bertz CT molecular complexity index is 1350. The number of nitrogens with one attached hydrogen (secondary N) is 1. The Morgan fingerprint density at radius 1 is 0.882 bits per heavy atom. The van der Waals surface area contributed by atoms with Crippen molar-refractivity contribution in [1.82, 2.24) is 19.6 Å². The van der Waals surface area contributed by atoms with Crippen LogP contribution in [0.25, 0.3) is 0 Å². The largest absolute Gasteiger partial charge is 0.319 e. The van der Waals surface area contributed by atoms with Gasteiger partial charge in [-0.3, -0.25) is 14.2 Å². The van der Waals surface area contributed by atoms with Crippen LogP contribution in [0.2, 0.25) is 10.0 Å². The number of nitrogens with zero attached hydrogens (tertiary/aromatic N) is 4. The van der Waals surface area contributed by atoms with Crippen molar-refractivity contribution in [2.45, 2.75) is 40.8 Å². The highest BCUT2D eigenvalue weighted by atomic mass is 79.9. The third kappa shape index (κ3) is 4.92. The SMILES string of the molecule is Cc1nn(Cc2ccc(C(=O)Nc3c(C)nn(Cc4c(Cl)cccc4Cl)c3C)cc2)c(C)c1Br. The Morgan fingerprint density at radius 3 is 2.06 bits per heavy atom. The zero-order chi connectivity index (χ0) is 24.6. The van der Waals surface area contributed by atoms with Gasteiger partial charge in [0, 0.05) is 21.2 Å². The molecule has 0 saturated carbocycles. The molecule has 2 aromatic heterocycles. The van der Waals surface area contributed by atoms with E-state index >= 15 is 0 Å². The lowest BCUT2D eigenvalue weighted by atomic mass is 10.1. The first kappa shape index (κ1) is 24.5. The minimum absolute atomic E-state index is 0.193. The summed E-state index contributed by atoms with van der Waals surface area (Å²) in [6.07, 6.45) is 0. The van der Waals surface area contributed by atoms with Crippen molar-refractivity contribution < 1.29 is 4.79 Å². The van der Waals surface area contributed by atoms with Crippen LogP contribution in [0, 0.1) is 27.7 Å². The first-order valence-electron chi connectivity index (χ1n) is 10.7. The van der Waals surface area contributed by atoms with E-state index in [4.69, 9.17) is 23.2 Å². The number of carbonyl (C=O) groups is 1. The van der Waals surface area contributed by atoms with Crippen molar-refractivity contribution in [2.24, 2.45) is 0 Å². The Kier molecular flexibility index (Phi) is 7.17. The van der Waals surface area contributed by atoms with E-state index in [-0.39, 0.29) is 5.91 Å². The van der Waals surface area contributed by atoms with E-state index in [1.165, 1.54) is 0 Å². The van der Waals surface area contributed by atoms with Crippen molar-refractivity contribution in [2.75, 3.05) is 5.32 Å².